The molecule has 1 aliphatic heterocycles. The number of hydrogen-bond acceptors (Lipinski definition) is 3. The van der Waals surface area contributed by atoms with E-state index in [0.717, 1.165) is 11.1 Å². The fraction of sp³-hybridized carbons (Fsp3) is 0.500. The fourth-order valence-corrected chi connectivity index (χ4v) is 4.13. The third-order valence-electron chi connectivity index (χ3n) is 3.58. The largest absolute Gasteiger partial charge is 0.243 e. The smallest absolute Gasteiger partial charge is 0.207 e. The quantitative estimate of drug-likeness (QED) is 0.833. The molecule has 5 heteroatoms. The number of nitriles is 1. The number of hydrogen-bond donors (Lipinski definition) is 0. The van der Waals surface area contributed by atoms with Gasteiger partial charge in [0.2, 0.25) is 10.0 Å². The molecule has 0 radical (unpaired) electrons. The molecule has 1 aliphatic rings. The van der Waals surface area contributed by atoms with E-state index in [-0.39, 0.29) is 5.92 Å². The summed E-state index contributed by atoms with van der Waals surface area (Å²) in [6, 6.07) is 7.60. The molecule has 19 heavy (non-hydrogen) atoms. The molecule has 1 aromatic rings. The van der Waals surface area contributed by atoms with E-state index >= 15 is 0 Å². The average molecular weight is 278 g/mol. The first-order valence-corrected chi connectivity index (χ1v) is 7.86. The van der Waals surface area contributed by atoms with Crippen molar-refractivity contribution in [2.75, 3.05) is 13.1 Å². The SMILES string of the molecule is Cc1ccc(S(=O)(=O)N2CCC(C#N)CC2)c(C)c1. The van der Waals surface area contributed by atoms with E-state index in [1.807, 2.05) is 26.0 Å². The van der Waals surface area contributed by atoms with E-state index in [4.69, 9.17) is 5.26 Å². The molecule has 0 saturated carbocycles. The summed E-state index contributed by atoms with van der Waals surface area (Å²) in [5.74, 6) is -0.00874. The number of piperidine rings is 1. The highest BCUT2D eigenvalue weighted by Crippen LogP contribution is 2.25. The summed E-state index contributed by atoms with van der Waals surface area (Å²) in [6.07, 6.45) is 1.25. The van der Waals surface area contributed by atoms with Crippen molar-refractivity contribution < 1.29 is 8.42 Å². The minimum absolute atomic E-state index is 0.00874. The predicted octanol–water partition coefficient (Wildman–Crippen LogP) is 2.23. The highest BCUT2D eigenvalue weighted by atomic mass is 32.2. The molecule has 0 spiro atoms. The predicted molar refractivity (Wildman–Crippen MR) is 73.0 cm³/mol. The van der Waals surface area contributed by atoms with Gasteiger partial charge < -0.3 is 0 Å². The molecule has 0 aliphatic carbocycles. The van der Waals surface area contributed by atoms with Crippen molar-refractivity contribution in [1.29, 1.82) is 5.26 Å². The molecule has 0 amide bonds. The highest BCUT2D eigenvalue weighted by molar-refractivity contribution is 7.89. The lowest BCUT2D eigenvalue weighted by Gasteiger charge is -2.28. The number of rotatable bonds is 2. The van der Waals surface area contributed by atoms with Gasteiger partial charge in [-0.25, -0.2) is 8.42 Å². The van der Waals surface area contributed by atoms with Crippen LogP contribution in [-0.2, 0) is 10.0 Å². The van der Waals surface area contributed by atoms with Crippen molar-refractivity contribution in [3.8, 4) is 6.07 Å². The molecule has 102 valence electrons. The Hall–Kier alpha value is -1.38. The maximum atomic E-state index is 12.6. The van der Waals surface area contributed by atoms with E-state index < -0.39 is 10.0 Å². The molecular formula is C14H18N2O2S. The van der Waals surface area contributed by atoms with Crippen LogP contribution in [0.3, 0.4) is 0 Å². The highest BCUT2D eigenvalue weighted by Gasteiger charge is 2.30. The lowest BCUT2D eigenvalue weighted by Crippen LogP contribution is -2.38. The van der Waals surface area contributed by atoms with Gasteiger partial charge in [0.25, 0.3) is 0 Å². The van der Waals surface area contributed by atoms with E-state index in [1.165, 1.54) is 4.31 Å². The van der Waals surface area contributed by atoms with Crippen LogP contribution >= 0.6 is 0 Å². The van der Waals surface area contributed by atoms with Crippen molar-refractivity contribution in [1.82, 2.24) is 4.31 Å². The molecule has 2 rings (SSSR count). The topological polar surface area (TPSA) is 61.2 Å². The summed E-state index contributed by atoms with van der Waals surface area (Å²) in [6.45, 7) is 4.64. The van der Waals surface area contributed by atoms with Crippen molar-refractivity contribution in [3.63, 3.8) is 0 Å². The van der Waals surface area contributed by atoms with Crippen LogP contribution in [0.15, 0.2) is 23.1 Å². The Labute approximate surface area is 114 Å². The van der Waals surface area contributed by atoms with Gasteiger partial charge in [0.1, 0.15) is 0 Å². The van der Waals surface area contributed by atoms with Crippen LogP contribution in [0.2, 0.25) is 0 Å². The van der Waals surface area contributed by atoms with Crippen molar-refractivity contribution in [2.24, 2.45) is 5.92 Å². The monoisotopic (exact) mass is 278 g/mol. The van der Waals surface area contributed by atoms with Crippen LogP contribution < -0.4 is 0 Å². The van der Waals surface area contributed by atoms with Gasteiger partial charge in [-0.3, -0.25) is 0 Å². The van der Waals surface area contributed by atoms with Crippen LogP contribution in [0.25, 0.3) is 0 Å². The van der Waals surface area contributed by atoms with Gasteiger partial charge in [0, 0.05) is 19.0 Å². The molecule has 4 nitrogen and oxygen atoms in total. The minimum Gasteiger partial charge on any atom is -0.207 e. The van der Waals surface area contributed by atoms with Gasteiger partial charge in [-0.05, 0) is 38.3 Å². The zero-order valence-electron chi connectivity index (χ0n) is 11.3. The summed E-state index contributed by atoms with van der Waals surface area (Å²) in [5, 5.41) is 8.85. The Bertz CT molecular complexity index is 609. The summed E-state index contributed by atoms with van der Waals surface area (Å²) >= 11 is 0. The minimum atomic E-state index is -3.42. The Balaban J connectivity index is 2.26. The Morgan fingerprint density at radius 1 is 1.26 bits per heavy atom. The van der Waals surface area contributed by atoms with E-state index in [9.17, 15) is 8.42 Å². The lowest BCUT2D eigenvalue weighted by molar-refractivity contribution is 0.310. The fourth-order valence-electron chi connectivity index (χ4n) is 2.45. The van der Waals surface area contributed by atoms with Crippen molar-refractivity contribution in [2.45, 2.75) is 31.6 Å². The van der Waals surface area contributed by atoms with E-state index in [0.29, 0.717) is 30.8 Å². The number of sulfonamides is 1. The van der Waals surface area contributed by atoms with Gasteiger partial charge in [-0.2, -0.15) is 9.57 Å². The number of nitrogens with zero attached hydrogens (tertiary/aromatic N) is 2. The summed E-state index contributed by atoms with van der Waals surface area (Å²) in [7, 11) is -3.42. The third-order valence-corrected chi connectivity index (χ3v) is 5.64. The first kappa shape index (κ1) is 14.0. The van der Waals surface area contributed by atoms with Crippen LogP contribution in [0.5, 0.6) is 0 Å². The summed E-state index contributed by atoms with van der Waals surface area (Å²) < 4.78 is 26.6. The van der Waals surface area contributed by atoms with Crippen LogP contribution in [0.4, 0.5) is 0 Å². The molecule has 0 N–H and O–H groups in total. The van der Waals surface area contributed by atoms with Gasteiger partial charge >= 0.3 is 0 Å². The Morgan fingerprint density at radius 2 is 1.89 bits per heavy atom. The molecule has 0 unspecified atom stereocenters. The molecule has 0 aromatic heterocycles. The summed E-state index contributed by atoms with van der Waals surface area (Å²) in [5.41, 5.74) is 1.84. The second-order valence-electron chi connectivity index (χ2n) is 5.08. The second-order valence-corrected chi connectivity index (χ2v) is 6.98. The molecule has 1 saturated heterocycles. The zero-order chi connectivity index (χ0) is 14.0. The molecule has 0 bridgehead atoms. The zero-order valence-corrected chi connectivity index (χ0v) is 12.1. The van der Waals surface area contributed by atoms with Gasteiger partial charge in [-0.15, -0.1) is 0 Å². The summed E-state index contributed by atoms with van der Waals surface area (Å²) in [4.78, 5) is 0.383. The van der Waals surface area contributed by atoms with E-state index in [2.05, 4.69) is 6.07 Å². The number of benzene rings is 1. The maximum Gasteiger partial charge on any atom is 0.243 e. The van der Waals surface area contributed by atoms with Crippen molar-refractivity contribution >= 4 is 10.0 Å². The lowest BCUT2D eigenvalue weighted by atomic mass is 10.0. The standard InChI is InChI=1S/C14H18N2O2S/c1-11-3-4-14(12(2)9-11)19(17,18)16-7-5-13(10-15)6-8-16/h3-4,9,13H,5-8H2,1-2H3. The molecule has 1 aromatic carbocycles. The first-order valence-electron chi connectivity index (χ1n) is 6.42. The average Bonchev–Trinajstić information content (AvgIpc) is 2.38. The van der Waals surface area contributed by atoms with Gasteiger partial charge in [0.05, 0.1) is 11.0 Å². The van der Waals surface area contributed by atoms with Gasteiger partial charge in [0.15, 0.2) is 0 Å². The first-order chi connectivity index (χ1) is 8.95. The molecule has 0 atom stereocenters. The Morgan fingerprint density at radius 3 is 2.42 bits per heavy atom. The molecule has 1 fully saturated rings. The van der Waals surface area contributed by atoms with E-state index in [1.54, 1.807) is 6.07 Å². The molecule has 1 heterocycles. The molecular weight excluding hydrogens is 260 g/mol. The number of aryl methyl sites for hydroxylation is 2. The van der Waals surface area contributed by atoms with Gasteiger partial charge in [-0.1, -0.05) is 17.7 Å². The van der Waals surface area contributed by atoms with Crippen molar-refractivity contribution in [3.05, 3.63) is 29.3 Å². The van der Waals surface area contributed by atoms with Crippen LogP contribution in [0.1, 0.15) is 24.0 Å². The Kier molecular flexibility index (Phi) is 3.93. The maximum absolute atomic E-state index is 12.6. The third kappa shape index (κ3) is 2.80. The van der Waals surface area contributed by atoms with Crippen LogP contribution in [-0.4, -0.2) is 25.8 Å². The second kappa shape index (κ2) is 5.32. The normalized spacial score (nSPS) is 18.2. The van der Waals surface area contributed by atoms with Crippen LogP contribution in [0, 0.1) is 31.1 Å².